The number of allylic oxidation sites excluding steroid dienone is 7. The second-order valence-corrected chi connectivity index (χ2v) is 19.7. The molecule has 0 amide bonds. The highest BCUT2D eigenvalue weighted by Crippen LogP contribution is 2.48. The monoisotopic (exact) mass is 811 g/mol. The molecule has 0 bridgehead atoms. The van der Waals surface area contributed by atoms with Gasteiger partial charge in [-0.2, -0.15) is 16.8 Å². The lowest BCUT2D eigenvalue weighted by Gasteiger charge is -2.28. The molecule has 0 spiro atoms. The molecule has 0 radical (unpaired) electrons. The van der Waals surface area contributed by atoms with E-state index in [1.807, 2.05) is 30.3 Å². The number of unbranched alkanes of at least 4 members (excludes halogenated alkanes) is 2. The van der Waals surface area contributed by atoms with Gasteiger partial charge >= 0.3 is 0 Å². The van der Waals surface area contributed by atoms with E-state index in [1.165, 1.54) is 16.7 Å². The van der Waals surface area contributed by atoms with E-state index < -0.39 is 20.2 Å². The molecule has 0 fully saturated rings. The van der Waals surface area contributed by atoms with Crippen LogP contribution in [-0.4, -0.2) is 68.3 Å². The van der Waals surface area contributed by atoms with Crippen molar-refractivity contribution in [2.75, 3.05) is 40.6 Å². The van der Waals surface area contributed by atoms with Gasteiger partial charge in [-0.3, -0.25) is 13.9 Å². The van der Waals surface area contributed by atoms with Crippen molar-refractivity contribution < 1.29 is 30.7 Å². The number of para-hydroxylation sites is 2. The van der Waals surface area contributed by atoms with Gasteiger partial charge in [-0.25, -0.2) is 0 Å². The van der Waals surface area contributed by atoms with Gasteiger partial charge < -0.3 is 15.6 Å². The summed E-state index contributed by atoms with van der Waals surface area (Å²) in [5.74, 6) is -0.140. The average molecular weight is 812 g/mol. The zero-order chi connectivity index (χ0) is 40.3. The first-order valence-electron chi connectivity index (χ1n) is 19.0. The third-order valence-corrected chi connectivity index (χ3v) is 13.1. The molecule has 4 N–H and O–H groups in total. The van der Waals surface area contributed by atoms with E-state index in [4.69, 9.17) is 9.96 Å². The van der Waals surface area contributed by atoms with Gasteiger partial charge in [-0.1, -0.05) is 82.3 Å². The molecule has 55 heavy (non-hydrogen) atoms. The average Bonchev–Trinajstić information content (AvgIpc) is 3.33. The molecule has 300 valence electrons. The number of ketones is 1. The molecular weight excluding hydrogens is 755 g/mol. The topological polar surface area (TPSA) is 165 Å². The molecule has 13 heteroatoms. The Labute approximate surface area is 332 Å². The molecular formula is C42H57N3O7S3. The fourth-order valence-corrected chi connectivity index (χ4v) is 9.67. The standard InChI is InChI=1S/C42H57N3O7S3/c1-41(2,35-18-5-7-20-37(35)44-26-9-11-29-54(47,48)49)25-14-17-32-15-13-16-33(40(32)53-28-24-34(46)31-43)22-23-39-42(3,4)36-19-6-8-21-38(36)45(39)27-10-12-30-55(50,51)52/h5-8,14,17-23,31,43-44H,9-13,15-16,24-30H2,1-4H3,(H,47,48,49)(H,50,51,52)/b17-14+,33-22+,39-23+,43-31?. The van der Waals surface area contributed by atoms with Crippen molar-refractivity contribution >= 4 is 55.4 Å². The lowest BCUT2D eigenvalue weighted by atomic mass is 9.80. The smallest absolute Gasteiger partial charge is 0.264 e. The number of hydrogen-bond acceptors (Lipinski definition) is 9. The van der Waals surface area contributed by atoms with Crippen molar-refractivity contribution in [2.24, 2.45) is 0 Å². The molecule has 0 unspecified atom stereocenters. The molecule has 2 aliphatic rings. The largest absolute Gasteiger partial charge is 0.385 e. The predicted molar refractivity (Wildman–Crippen MR) is 228 cm³/mol. The minimum atomic E-state index is -4.02. The predicted octanol–water partition coefficient (Wildman–Crippen LogP) is 9.05. The van der Waals surface area contributed by atoms with Gasteiger partial charge in [0, 0.05) is 52.7 Å². The number of nitrogens with zero attached hydrogens (tertiary/aromatic N) is 1. The maximum Gasteiger partial charge on any atom is 0.264 e. The van der Waals surface area contributed by atoms with Crippen molar-refractivity contribution in [3.63, 3.8) is 0 Å². The van der Waals surface area contributed by atoms with Crippen LogP contribution in [0.2, 0.25) is 0 Å². The van der Waals surface area contributed by atoms with Crippen LogP contribution in [0.5, 0.6) is 0 Å². The highest BCUT2D eigenvalue weighted by atomic mass is 32.2. The van der Waals surface area contributed by atoms with Crippen LogP contribution in [0.25, 0.3) is 0 Å². The molecule has 0 saturated heterocycles. The van der Waals surface area contributed by atoms with E-state index in [-0.39, 0.29) is 34.5 Å². The highest BCUT2D eigenvalue weighted by molar-refractivity contribution is 8.03. The van der Waals surface area contributed by atoms with Crippen LogP contribution in [0.1, 0.15) is 96.6 Å². The molecule has 0 aromatic heterocycles. The zero-order valence-corrected chi connectivity index (χ0v) is 35.0. The Morgan fingerprint density at radius 2 is 1.62 bits per heavy atom. The molecule has 4 rings (SSSR count). The van der Waals surface area contributed by atoms with Crippen LogP contribution in [0.4, 0.5) is 11.4 Å². The third-order valence-electron chi connectivity index (χ3n) is 10.3. The Morgan fingerprint density at radius 3 is 2.33 bits per heavy atom. The Morgan fingerprint density at radius 1 is 0.945 bits per heavy atom. The first kappa shape index (κ1) is 44.2. The SMILES string of the molecule is CC(C)(C/C=C/C1=C(SCCC(=O)C=N)C(=C/C=C2/N(CCCCS(=O)(=O)O)c3ccccc3C2(C)C)/CCC1)c1ccccc1NCCCCS(=O)(=O)O. The van der Waals surface area contributed by atoms with Gasteiger partial charge in [0.1, 0.15) is 0 Å². The molecule has 0 atom stereocenters. The summed E-state index contributed by atoms with van der Waals surface area (Å²) in [6.07, 6.45) is 15.5. The summed E-state index contributed by atoms with van der Waals surface area (Å²) >= 11 is 1.67. The Bertz CT molecular complexity index is 2030. The maximum atomic E-state index is 12.1. The lowest BCUT2D eigenvalue weighted by Crippen LogP contribution is -2.27. The fourth-order valence-electron chi connectivity index (χ4n) is 7.31. The van der Waals surface area contributed by atoms with E-state index in [2.05, 4.69) is 80.4 Å². The Hall–Kier alpha value is -3.49. The number of thioether (sulfide) groups is 1. The molecule has 1 aliphatic carbocycles. The highest BCUT2D eigenvalue weighted by Gasteiger charge is 2.39. The number of nitrogens with one attached hydrogen (secondary N) is 2. The van der Waals surface area contributed by atoms with Gasteiger partial charge in [0.15, 0.2) is 5.78 Å². The quantitative estimate of drug-likeness (QED) is 0.0543. The second-order valence-electron chi connectivity index (χ2n) is 15.4. The molecule has 0 saturated carbocycles. The molecule has 1 aliphatic heterocycles. The number of fused-ring (bicyclic) bond motifs is 1. The van der Waals surface area contributed by atoms with Crippen LogP contribution in [0, 0.1) is 5.41 Å². The van der Waals surface area contributed by atoms with Crippen molar-refractivity contribution in [3.05, 3.63) is 106 Å². The van der Waals surface area contributed by atoms with Crippen LogP contribution in [-0.2, 0) is 35.9 Å². The van der Waals surface area contributed by atoms with Gasteiger partial charge in [-0.05, 0) is 97.3 Å². The van der Waals surface area contributed by atoms with Gasteiger partial charge in [0.25, 0.3) is 20.2 Å². The Balaban J connectivity index is 1.60. The van der Waals surface area contributed by atoms with Crippen molar-refractivity contribution in [2.45, 2.75) is 96.3 Å². The first-order valence-corrected chi connectivity index (χ1v) is 23.2. The summed E-state index contributed by atoms with van der Waals surface area (Å²) in [4.78, 5) is 15.5. The zero-order valence-electron chi connectivity index (χ0n) is 32.5. The van der Waals surface area contributed by atoms with E-state index in [1.54, 1.807) is 11.8 Å². The van der Waals surface area contributed by atoms with Crippen LogP contribution < -0.4 is 10.2 Å². The summed E-state index contributed by atoms with van der Waals surface area (Å²) in [6.45, 7) is 10.0. The summed E-state index contributed by atoms with van der Waals surface area (Å²) in [5, 5.41) is 10.8. The number of benzene rings is 2. The minimum Gasteiger partial charge on any atom is -0.385 e. The number of Topliss-reactive ketones (excluding diaryl/α,β-unsaturated/α-hetero) is 1. The number of hydrogen-bond donors (Lipinski definition) is 4. The summed E-state index contributed by atoms with van der Waals surface area (Å²) < 4.78 is 63.3. The van der Waals surface area contributed by atoms with Crippen LogP contribution >= 0.6 is 11.8 Å². The minimum absolute atomic E-state index is 0.198. The van der Waals surface area contributed by atoms with E-state index in [0.717, 1.165) is 59.4 Å². The number of rotatable bonds is 21. The molecule has 2 aromatic rings. The van der Waals surface area contributed by atoms with E-state index in [0.29, 0.717) is 44.5 Å². The van der Waals surface area contributed by atoms with Gasteiger partial charge in [-0.15, -0.1) is 11.8 Å². The van der Waals surface area contributed by atoms with Gasteiger partial charge in [0.2, 0.25) is 0 Å². The van der Waals surface area contributed by atoms with Gasteiger partial charge in [0.05, 0.1) is 17.7 Å². The number of carbonyl (C=O) groups excluding carboxylic acids is 1. The van der Waals surface area contributed by atoms with Crippen molar-refractivity contribution in [1.29, 1.82) is 5.41 Å². The Kier molecular flexibility index (Phi) is 15.7. The van der Waals surface area contributed by atoms with Crippen molar-refractivity contribution in [1.82, 2.24) is 0 Å². The molecule has 10 nitrogen and oxygen atoms in total. The maximum absolute atomic E-state index is 12.1. The van der Waals surface area contributed by atoms with Crippen molar-refractivity contribution in [3.8, 4) is 0 Å². The fraction of sp³-hybridized carbons (Fsp3) is 0.476. The normalized spacial score (nSPS) is 17.7. The summed E-state index contributed by atoms with van der Waals surface area (Å²) in [6, 6.07) is 16.5. The van der Waals surface area contributed by atoms with Crippen LogP contribution in [0.3, 0.4) is 0 Å². The summed E-state index contributed by atoms with van der Waals surface area (Å²) in [7, 11) is -7.99. The lowest BCUT2D eigenvalue weighted by molar-refractivity contribution is -0.112. The number of anilines is 2. The second kappa shape index (κ2) is 19.6. The molecule has 1 heterocycles. The first-order chi connectivity index (χ1) is 25.9. The van der Waals surface area contributed by atoms with E-state index >= 15 is 0 Å². The van der Waals surface area contributed by atoms with E-state index in [9.17, 15) is 26.2 Å². The number of carbonyl (C=O) groups is 1. The third kappa shape index (κ3) is 13.0. The van der Waals surface area contributed by atoms with Crippen LogP contribution in [0.15, 0.2) is 94.6 Å². The summed E-state index contributed by atoms with van der Waals surface area (Å²) in [5.41, 5.74) is 7.49. The molecule has 2 aromatic carbocycles.